The minimum atomic E-state index is -4.77. The second-order valence-corrected chi connectivity index (χ2v) is 15.2. The van der Waals surface area contributed by atoms with Crippen molar-refractivity contribution in [2.24, 2.45) is 0 Å². The van der Waals surface area contributed by atoms with Crippen LogP contribution in [0.3, 0.4) is 0 Å². The largest absolute Gasteiger partial charge is 0.524 e. The lowest BCUT2D eigenvalue weighted by molar-refractivity contribution is -0.138. The first-order valence-corrected chi connectivity index (χ1v) is 19.1. The van der Waals surface area contributed by atoms with Crippen LogP contribution in [-0.4, -0.2) is 53.9 Å². The van der Waals surface area contributed by atoms with Crippen LogP contribution in [0.4, 0.5) is 28.3 Å². The molecule has 0 fully saturated rings. The summed E-state index contributed by atoms with van der Waals surface area (Å²) in [5.41, 5.74) is 1.88. The molecule has 8 rings (SSSR count). The lowest BCUT2D eigenvalue weighted by Crippen LogP contribution is -2.45. The summed E-state index contributed by atoms with van der Waals surface area (Å²) >= 11 is 0. The smallest absolute Gasteiger partial charge is 0.444 e. The number of aromatic nitrogens is 5. The molecule has 18 heteroatoms. The van der Waals surface area contributed by atoms with Crippen molar-refractivity contribution in [2.45, 2.75) is 64.0 Å². The fourth-order valence-electron chi connectivity index (χ4n) is 8.17. The van der Waals surface area contributed by atoms with Crippen molar-refractivity contribution < 1.29 is 50.7 Å². The zero-order valence-corrected chi connectivity index (χ0v) is 31.4. The number of hydrogen-bond donors (Lipinski definition) is 2. The molecule has 3 aromatic heterocycles. The van der Waals surface area contributed by atoms with E-state index in [9.17, 15) is 22.5 Å². The van der Waals surface area contributed by atoms with Gasteiger partial charge >= 0.3 is 20.1 Å². The highest BCUT2D eigenvalue weighted by atomic mass is 31.2. The van der Waals surface area contributed by atoms with Crippen molar-refractivity contribution in [1.29, 1.82) is 0 Å². The molecule has 3 aliphatic rings. The summed E-state index contributed by atoms with van der Waals surface area (Å²) < 4.78 is 88.3. The summed E-state index contributed by atoms with van der Waals surface area (Å²) in [6, 6.07) is 13.0. The van der Waals surface area contributed by atoms with Crippen molar-refractivity contribution in [3.63, 3.8) is 0 Å². The molecule has 2 aromatic carbocycles. The number of methoxy groups -OCH3 is 1. The maximum atomic E-state index is 17.8. The maximum absolute atomic E-state index is 17.8. The summed E-state index contributed by atoms with van der Waals surface area (Å²) in [6.45, 7) is 5.72. The fraction of sp³-hybridized carbons (Fsp3) is 0.316. The number of aryl methyl sites for hydroxylation is 1. The molecule has 2 unspecified atom stereocenters. The van der Waals surface area contributed by atoms with Crippen LogP contribution in [-0.2, 0) is 57.2 Å². The van der Waals surface area contributed by atoms with E-state index in [1.165, 1.54) is 42.1 Å². The molecule has 2 aliphatic heterocycles. The van der Waals surface area contributed by atoms with Gasteiger partial charge in [-0.25, -0.2) is 28.4 Å². The highest BCUT2D eigenvalue weighted by Gasteiger charge is 2.57. The molecule has 2 N–H and O–H groups in total. The molecule has 0 amide bonds. The third-order valence-electron chi connectivity index (χ3n) is 10.9. The number of para-hydroxylation sites is 1. The second kappa shape index (κ2) is 13.1. The third-order valence-corrected chi connectivity index (χ3v) is 11.3. The van der Waals surface area contributed by atoms with Gasteiger partial charge in [0.05, 0.1) is 33.7 Å². The predicted molar refractivity (Wildman–Crippen MR) is 193 cm³/mol. The van der Waals surface area contributed by atoms with Crippen LogP contribution in [0.15, 0.2) is 72.9 Å². The minimum Gasteiger partial charge on any atom is -0.444 e. The number of allylic oxidation sites excluding steroid dienone is 1. The number of fused-ring (bicyclic) bond motifs is 10. The Kier molecular flexibility index (Phi) is 8.80. The Morgan fingerprint density at radius 1 is 1.04 bits per heavy atom. The van der Waals surface area contributed by atoms with Gasteiger partial charge in [-0.2, -0.15) is 18.3 Å². The molecule has 5 aromatic rings. The number of carbonyl (C=O) groups excluding carboxylic acids is 1. The molecule has 56 heavy (non-hydrogen) atoms. The maximum Gasteiger partial charge on any atom is 0.524 e. The quantitative estimate of drug-likeness (QED) is 0.128. The van der Waals surface area contributed by atoms with E-state index in [4.69, 9.17) is 24.4 Å². The Bertz CT molecular complexity index is 2480. The predicted octanol–water partition coefficient (Wildman–Crippen LogP) is 7.14. The van der Waals surface area contributed by atoms with Crippen molar-refractivity contribution in [3.8, 4) is 11.4 Å². The van der Waals surface area contributed by atoms with Crippen LogP contribution < -0.4 is 9.42 Å². The first kappa shape index (κ1) is 37.6. The molecule has 5 heterocycles. The molecular weight excluding hydrogens is 759 g/mol. The molecule has 0 radical (unpaired) electrons. The van der Waals surface area contributed by atoms with E-state index in [1.807, 2.05) is 36.7 Å². The van der Waals surface area contributed by atoms with Crippen LogP contribution in [0.2, 0.25) is 0 Å². The summed E-state index contributed by atoms with van der Waals surface area (Å²) in [4.78, 5) is 41.9. The molecule has 0 spiro atoms. The average molecular weight is 795 g/mol. The zero-order valence-electron chi connectivity index (χ0n) is 30.5. The van der Waals surface area contributed by atoms with Gasteiger partial charge in [-0.15, -0.1) is 0 Å². The molecule has 292 valence electrons. The SMILES string of the molecule is CCc1cccc2c1-n1nc3c(c1C1(C)C2=C(F)C(C)(OC)c2c1ccn2C(=O)OCc1ccc(OP(=O)(O)O)cc1)CN(c1ncc(C(F)(F)F)cn1)CC3. The molecule has 0 saturated carbocycles. The third kappa shape index (κ3) is 5.83. The van der Waals surface area contributed by atoms with Crippen LogP contribution in [0.5, 0.6) is 5.75 Å². The normalized spacial score (nSPS) is 20.1. The Morgan fingerprint density at radius 2 is 1.75 bits per heavy atom. The molecule has 0 saturated heterocycles. The van der Waals surface area contributed by atoms with Gasteiger partial charge in [0.25, 0.3) is 0 Å². The van der Waals surface area contributed by atoms with Crippen molar-refractivity contribution >= 4 is 25.4 Å². The van der Waals surface area contributed by atoms with E-state index in [1.54, 1.807) is 17.9 Å². The molecule has 2 atom stereocenters. The number of carbonyl (C=O) groups is 1. The summed E-state index contributed by atoms with van der Waals surface area (Å²) in [7, 11) is -3.41. The monoisotopic (exact) mass is 794 g/mol. The highest BCUT2D eigenvalue weighted by Crippen LogP contribution is 2.61. The summed E-state index contributed by atoms with van der Waals surface area (Å²) in [5, 5.41) is 5.11. The van der Waals surface area contributed by atoms with Crippen LogP contribution in [0.1, 0.15) is 71.2 Å². The lowest BCUT2D eigenvalue weighted by atomic mass is 9.61. The summed E-state index contributed by atoms with van der Waals surface area (Å²) in [6.07, 6.45) is -1.42. The number of phosphoric acid groups is 1. The van der Waals surface area contributed by atoms with Crippen LogP contribution >= 0.6 is 7.82 Å². The molecule has 1 aliphatic carbocycles. The average Bonchev–Trinajstić information content (AvgIpc) is 3.80. The van der Waals surface area contributed by atoms with Gasteiger partial charge in [-0.1, -0.05) is 37.3 Å². The van der Waals surface area contributed by atoms with Gasteiger partial charge in [-0.3, -0.25) is 14.4 Å². The first-order valence-electron chi connectivity index (χ1n) is 17.6. The van der Waals surface area contributed by atoms with Crippen molar-refractivity contribution in [3.05, 3.63) is 123 Å². The Balaban J connectivity index is 1.24. The van der Waals surface area contributed by atoms with Crippen LogP contribution in [0, 0.1) is 0 Å². The molecular formula is C38H35F4N6O7P. The Labute approximate surface area is 317 Å². The van der Waals surface area contributed by atoms with Gasteiger partial charge in [0.2, 0.25) is 5.95 Å². The number of phosphoric ester groups is 1. The van der Waals surface area contributed by atoms with E-state index < -0.39 is 42.5 Å². The second-order valence-electron chi connectivity index (χ2n) is 14.1. The fourth-order valence-corrected chi connectivity index (χ4v) is 8.56. The lowest BCUT2D eigenvalue weighted by Gasteiger charge is -2.47. The number of alkyl halides is 3. The first-order chi connectivity index (χ1) is 26.5. The van der Waals surface area contributed by atoms with E-state index in [-0.39, 0.29) is 30.5 Å². The Hall–Kier alpha value is -5.35. The van der Waals surface area contributed by atoms with Gasteiger partial charge in [0.1, 0.15) is 18.2 Å². The highest BCUT2D eigenvalue weighted by molar-refractivity contribution is 7.46. The molecule has 0 bridgehead atoms. The van der Waals surface area contributed by atoms with E-state index in [0.717, 1.165) is 29.2 Å². The van der Waals surface area contributed by atoms with Crippen LogP contribution in [0.25, 0.3) is 11.3 Å². The van der Waals surface area contributed by atoms with E-state index in [0.29, 0.717) is 53.0 Å². The number of rotatable bonds is 7. The molecule has 13 nitrogen and oxygen atoms in total. The van der Waals surface area contributed by atoms with Gasteiger partial charge in [0, 0.05) is 61.9 Å². The number of halogens is 4. The van der Waals surface area contributed by atoms with Gasteiger partial charge in [-0.05, 0) is 55.2 Å². The topological polar surface area (TPSA) is 154 Å². The van der Waals surface area contributed by atoms with Gasteiger partial charge in [0.15, 0.2) is 5.60 Å². The number of hydrogen-bond acceptors (Lipinski definition) is 9. The number of benzene rings is 2. The van der Waals surface area contributed by atoms with Gasteiger partial charge < -0.3 is 18.9 Å². The van der Waals surface area contributed by atoms with E-state index in [2.05, 4.69) is 14.5 Å². The number of anilines is 1. The Morgan fingerprint density at radius 3 is 2.39 bits per heavy atom. The standard InChI is InChI=1S/C38H35F4N6O7P/c1-5-22-7-6-8-25-29-31(39)37(3,53-4)33-27(13-16-47(33)35(49)54-20-21-9-11-24(12-10-21)55-56(50,51)52)36(29,2)32-26-19-46(15-14-28(26)45-48(32)30(22)25)34-43-17-23(18-44-34)38(40,41)42/h6-13,16-18H,5,14-15,19-20H2,1-4H3,(H2,50,51,52). The minimum absolute atomic E-state index is 0.0772. The van der Waals surface area contributed by atoms with Crippen molar-refractivity contribution in [1.82, 2.24) is 24.3 Å². The number of nitrogens with zero attached hydrogens (tertiary/aromatic N) is 6. The summed E-state index contributed by atoms with van der Waals surface area (Å²) in [5.74, 6) is -0.597. The zero-order chi connectivity index (χ0) is 39.9. The number of ether oxygens (including phenoxy) is 2. The van der Waals surface area contributed by atoms with Crippen molar-refractivity contribution in [2.75, 3.05) is 18.6 Å². The van der Waals surface area contributed by atoms with E-state index >= 15 is 4.39 Å².